The second kappa shape index (κ2) is 4.43. The van der Waals surface area contributed by atoms with E-state index in [2.05, 4.69) is 13.0 Å². The van der Waals surface area contributed by atoms with Gasteiger partial charge in [-0.1, -0.05) is 0 Å². The van der Waals surface area contributed by atoms with Gasteiger partial charge in [-0.2, -0.15) is 0 Å². The summed E-state index contributed by atoms with van der Waals surface area (Å²) in [4.78, 5) is 2.32. The van der Waals surface area contributed by atoms with Crippen molar-refractivity contribution in [3.8, 4) is 0 Å². The summed E-state index contributed by atoms with van der Waals surface area (Å²) in [5.41, 5.74) is 0. The maximum atomic E-state index is 9.92. The third kappa shape index (κ3) is 2.35. The Morgan fingerprint density at radius 1 is 1.64 bits per heavy atom. The Labute approximate surface area is 88.5 Å². The highest BCUT2D eigenvalue weighted by molar-refractivity contribution is 7.12. The lowest BCUT2D eigenvalue weighted by Gasteiger charge is -2.13. The van der Waals surface area contributed by atoms with Crippen molar-refractivity contribution in [1.82, 2.24) is 0 Å². The fourth-order valence-corrected chi connectivity index (χ4v) is 2.70. The molecule has 2 heterocycles. The first-order chi connectivity index (χ1) is 6.75. The first-order valence-corrected chi connectivity index (χ1v) is 5.93. The SMILES string of the molecule is Cc1ccc(C(O)CC2CCCO2)s1. The summed E-state index contributed by atoms with van der Waals surface area (Å²) in [6.07, 6.45) is 2.92. The Morgan fingerprint density at radius 2 is 2.50 bits per heavy atom. The predicted molar refractivity (Wildman–Crippen MR) is 57.6 cm³/mol. The molecule has 78 valence electrons. The normalized spacial score (nSPS) is 24.0. The molecule has 1 aliphatic rings. The third-order valence-corrected chi connectivity index (χ3v) is 3.70. The van der Waals surface area contributed by atoms with Gasteiger partial charge in [-0.3, -0.25) is 0 Å². The van der Waals surface area contributed by atoms with Crippen LogP contribution >= 0.6 is 11.3 Å². The number of aryl methyl sites for hydroxylation is 1. The van der Waals surface area contributed by atoms with Crippen LogP contribution in [0.1, 0.15) is 35.1 Å². The van der Waals surface area contributed by atoms with Crippen LogP contribution in [0.5, 0.6) is 0 Å². The molecule has 2 atom stereocenters. The van der Waals surface area contributed by atoms with Crippen molar-refractivity contribution in [2.45, 2.75) is 38.4 Å². The van der Waals surface area contributed by atoms with Gasteiger partial charge in [-0.15, -0.1) is 11.3 Å². The highest BCUT2D eigenvalue weighted by atomic mass is 32.1. The van der Waals surface area contributed by atoms with E-state index in [9.17, 15) is 5.11 Å². The molecule has 0 radical (unpaired) electrons. The number of thiophene rings is 1. The lowest BCUT2D eigenvalue weighted by atomic mass is 10.1. The minimum Gasteiger partial charge on any atom is -0.387 e. The summed E-state index contributed by atoms with van der Waals surface area (Å²) in [5, 5.41) is 9.92. The molecule has 0 aromatic carbocycles. The smallest absolute Gasteiger partial charge is 0.0906 e. The fourth-order valence-electron chi connectivity index (χ4n) is 1.83. The standard InChI is InChI=1S/C11H16O2S/c1-8-4-5-11(14-8)10(12)7-9-3-2-6-13-9/h4-5,9-10,12H,2-3,6-7H2,1H3. The van der Waals surface area contributed by atoms with Gasteiger partial charge in [0, 0.05) is 22.8 Å². The Hall–Kier alpha value is -0.380. The molecule has 2 nitrogen and oxygen atoms in total. The van der Waals surface area contributed by atoms with Gasteiger partial charge in [0.05, 0.1) is 12.2 Å². The van der Waals surface area contributed by atoms with E-state index >= 15 is 0 Å². The van der Waals surface area contributed by atoms with Crippen molar-refractivity contribution in [3.05, 3.63) is 21.9 Å². The Morgan fingerprint density at radius 3 is 3.07 bits per heavy atom. The van der Waals surface area contributed by atoms with Gasteiger partial charge in [0.2, 0.25) is 0 Å². The number of hydrogen-bond donors (Lipinski definition) is 1. The van der Waals surface area contributed by atoms with E-state index in [1.807, 2.05) is 6.07 Å². The lowest BCUT2D eigenvalue weighted by Crippen LogP contribution is -2.10. The zero-order valence-corrected chi connectivity index (χ0v) is 9.22. The molecular weight excluding hydrogens is 196 g/mol. The molecular formula is C11H16O2S. The number of ether oxygens (including phenoxy) is 1. The van der Waals surface area contributed by atoms with Crippen LogP contribution in [-0.2, 0) is 4.74 Å². The van der Waals surface area contributed by atoms with Crippen molar-refractivity contribution in [1.29, 1.82) is 0 Å². The van der Waals surface area contributed by atoms with E-state index in [0.717, 1.165) is 30.7 Å². The molecule has 1 aromatic heterocycles. The van der Waals surface area contributed by atoms with Crippen molar-refractivity contribution in [2.24, 2.45) is 0 Å². The number of aliphatic hydroxyl groups excluding tert-OH is 1. The van der Waals surface area contributed by atoms with Crippen LogP contribution in [0.2, 0.25) is 0 Å². The molecule has 0 bridgehead atoms. The highest BCUT2D eigenvalue weighted by Crippen LogP contribution is 2.29. The van der Waals surface area contributed by atoms with E-state index in [4.69, 9.17) is 4.74 Å². The van der Waals surface area contributed by atoms with Crippen LogP contribution in [0.4, 0.5) is 0 Å². The van der Waals surface area contributed by atoms with Crippen LogP contribution in [0.3, 0.4) is 0 Å². The van der Waals surface area contributed by atoms with Crippen LogP contribution in [0.15, 0.2) is 12.1 Å². The topological polar surface area (TPSA) is 29.5 Å². The lowest BCUT2D eigenvalue weighted by molar-refractivity contribution is 0.0548. The molecule has 1 fully saturated rings. The number of aliphatic hydroxyl groups is 1. The average molecular weight is 212 g/mol. The van der Waals surface area contributed by atoms with E-state index in [0.29, 0.717) is 0 Å². The summed E-state index contributed by atoms with van der Waals surface area (Å²) in [7, 11) is 0. The Balaban J connectivity index is 1.91. The second-order valence-electron chi connectivity index (χ2n) is 3.83. The van der Waals surface area contributed by atoms with Gasteiger partial charge in [0.15, 0.2) is 0 Å². The van der Waals surface area contributed by atoms with Gasteiger partial charge >= 0.3 is 0 Å². The zero-order valence-electron chi connectivity index (χ0n) is 8.40. The van der Waals surface area contributed by atoms with Crippen LogP contribution in [0.25, 0.3) is 0 Å². The minimum absolute atomic E-state index is 0.271. The van der Waals surface area contributed by atoms with Gasteiger partial charge in [-0.05, 0) is 31.9 Å². The second-order valence-corrected chi connectivity index (χ2v) is 5.15. The van der Waals surface area contributed by atoms with Crippen molar-refractivity contribution in [3.63, 3.8) is 0 Å². The molecule has 14 heavy (non-hydrogen) atoms. The van der Waals surface area contributed by atoms with Crippen LogP contribution in [-0.4, -0.2) is 17.8 Å². The molecule has 3 heteroatoms. The number of rotatable bonds is 3. The monoisotopic (exact) mass is 212 g/mol. The van der Waals surface area contributed by atoms with E-state index in [1.165, 1.54) is 4.88 Å². The van der Waals surface area contributed by atoms with Crippen LogP contribution < -0.4 is 0 Å². The largest absolute Gasteiger partial charge is 0.387 e. The van der Waals surface area contributed by atoms with Crippen molar-refractivity contribution in [2.75, 3.05) is 6.61 Å². The molecule has 0 saturated carbocycles. The molecule has 2 unspecified atom stereocenters. The quantitative estimate of drug-likeness (QED) is 0.834. The Bertz CT molecular complexity index is 289. The van der Waals surface area contributed by atoms with Gasteiger partial charge in [0.1, 0.15) is 0 Å². The predicted octanol–water partition coefficient (Wildman–Crippen LogP) is 2.66. The molecule has 1 aliphatic heterocycles. The molecule has 1 N–H and O–H groups in total. The molecule has 1 aromatic rings. The van der Waals surface area contributed by atoms with Crippen molar-refractivity contribution < 1.29 is 9.84 Å². The average Bonchev–Trinajstić information content (AvgIpc) is 2.75. The maximum Gasteiger partial charge on any atom is 0.0906 e. The first kappa shape index (κ1) is 10.1. The van der Waals surface area contributed by atoms with Gasteiger partial charge in [0.25, 0.3) is 0 Å². The molecule has 0 aliphatic carbocycles. The van der Waals surface area contributed by atoms with E-state index in [1.54, 1.807) is 11.3 Å². The maximum absolute atomic E-state index is 9.92. The first-order valence-electron chi connectivity index (χ1n) is 5.11. The summed E-state index contributed by atoms with van der Waals surface area (Å²) < 4.78 is 5.50. The van der Waals surface area contributed by atoms with E-state index in [-0.39, 0.29) is 12.2 Å². The number of hydrogen-bond acceptors (Lipinski definition) is 3. The van der Waals surface area contributed by atoms with E-state index < -0.39 is 0 Å². The third-order valence-electron chi connectivity index (χ3n) is 2.60. The summed E-state index contributed by atoms with van der Waals surface area (Å²) >= 11 is 1.67. The Kier molecular flexibility index (Phi) is 3.21. The molecule has 1 saturated heterocycles. The van der Waals surface area contributed by atoms with Crippen LogP contribution in [0, 0.1) is 6.92 Å². The highest BCUT2D eigenvalue weighted by Gasteiger charge is 2.20. The van der Waals surface area contributed by atoms with Crippen molar-refractivity contribution >= 4 is 11.3 Å². The minimum atomic E-state index is -0.336. The fraction of sp³-hybridized carbons (Fsp3) is 0.636. The molecule has 0 amide bonds. The summed E-state index contributed by atoms with van der Waals surface area (Å²) in [6.45, 7) is 2.92. The zero-order chi connectivity index (χ0) is 9.97. The van der Waals surface area contributed by atoms with Gasteiger partial charge < -0.3 is 9.84 Å². The molecule has 2 rings (SSSR count). The summed E-state index contributed by atoms with van der Waals surface area (Å²) in [5.74, 6) is 0. The van der Waals surface area contributed by atoms with Gasteiger partial charge in [-0.25, -0.2) is 0 Å². The molecule has 0 spiro atoms. The summed E-state index contributed by atoms with van der Waals surface area (Å²) in [6, 6.07) is 4.07.